The summed E-state index contributed by atoms with van der Waals surface area (Å²) in [7, 11) is -0.796. The molecule has 0 saturated carbocycles. The van der Waals surface area contributed by atoms with Crippen molar-refractivity contribution < 1.29 is 10.1 Å². The van der Waals surface area contributed by atoms with Gasteiger partial charge in [0, 0.05) is 8.07 Å². The van der Waals surface area contributed by atoms with Crippen molar-refractivity contribution in [3.8, 4) is 0 Å². The molecule has 0 aliphatic carbocycles. The molecular weight excluding hydrogens is 395 g/mol. The van der Waals surface area contributed by atoms with Crippen molar-refractivity contribution in [1.29, 1.82) is 0 Å². The molecule has 0 heterocycles. The number of rotatable bonds is 0. The fourth-order valence-electron chi connectivity index (χ4n) is 0. The summed E-state index contributed by atoms with van der Waals surface area (Å²) < 4.78 is 0. The van der Waals surface area contributed by atoms with Crippen LogP contribution in [-0.2, 0) is 10.1 Å². The van der Waals surface area contributed by atoms with Crippen LogP contribution in [0, 0.1) is 6.55 Å². The molecule has 8 heavy (non-hydrogen) atoms. The Kier molecular flexibility index (Phi) is 12.0. The van der Waals surface area contributed by atoms with Crippen molar-refractivity contribution in [2.45, 2.75) is 19.6 Å². The summed E-state index contributed by atoms with van der Waals surface area (Å²) in [6, 6.07) is 0. The fourth-order valence-corrected chi connectivity index (χ4v) is 0. The molecule has 0 aromatic rings. The SMILES string of the molecule is [CH2][Si](C)(C)C.[I][Zn][I]. The van der Waals surface area contributed by atoms with Gasteiger partial charge in [-0.2, -0.15) is 0 Å². The Morgan fingerprint density at radius 2 is 1.25 bits per heavy atom. The molecule has 0 amide bonds. The van der Waals surface area contributed by atoms with E-state index >= 15 is 0 Å². The normalized spacial score (nSPS) is 8.75. The predicted molar refractivity (Wildman–Crippen MR) is 56.7 cm³/mol. The van der Waals surface area contributed by atoms with Gasteiger partial charge in [-0.15, -0.1) is 0 Å². The van der Waals surface area contributed by atoms with Crippen LogP contribution in [0.1, 0.15) is 0 Å². The van der Waals surface area contributed by atoms with Gasteiger partial charge in [0.05, 0.1) is 0 Å². The zero-order valence-electron chi connectivity index (χ0n) is 5.67. The van der Waals surface area contributed by atoms with Crippen LogP contribution in [0.4, 0.5) is 0 Å². The number of hydrogen-bond donors (Lipinski definition) is 0. The van der Waals surface area contributed by atoms with Crippen molar-refractivity contribution in [3.05, 3.63) is 6.55 Å². The second kappa shape index (κ2) is 7.41. The van der Waals surface area contributed by atoms with Gasteiger partial charge in [0.15, 0.2) is 0 Å². The summed E-state index contributed by atoms with van der Waals surface area (Å²) in [5, 5.41) is 0. The molecule has 0 fully saturated rings. The molecule has 0 bridgehead atoms. The van der Waals surface area contributed by atoms with Gasteiger partial charge in [-0.05, 0) is 0 Å². The summed E-state index contributed by atoms with van der Waals surface area (Å²) >= 11 is 4.93. The van der Waals surface area contributed by atoms with Crippen LogP contribution in [0.3, 0.4) is 0 Å². The first-order valence-corrected chi connectivity index (χ1v) is 24.2. The first-order valence-electron chi connectivity index (χ1n) is 2.39. The third kappa shape index (κ3) is 83.6. The third-order valence-corrected chi connectivity index (χ3v) is 0. The fraction of sp³-hybridized carbons (Fsp3) is 0.750. The van der Waals surface area contributed by atoms with E-state index in [1.165, 1.54) is 0 Å². The molecule has 4 heteroatoms. The molecule has 0 aliphatic heterocycles. The molecule has 47 valence electrons. The van der Waals surface area contributed by atoms with Gasteiger partial charge < -0.3 is 0 Å². The van der Waals surface area contributed by atoms with E-state index in [0.29, 0.717) is 0 Å². The molecule has 0 aromatic carbocycles. The molecule has 0 saturated heterocycles. The van der Waals surface area contributed by atoms with Crippen molar-refractivity contribution in [2.75, 3.05) is 0 Å². The van der Waals surface area contributed by atoms with Crippen LogP contribution >= 0.6 is 39.5 Å². The summed E-state index contributed by atoms with van der Waals surface area (Å²) in [5.74, 6) is 0. The van der Waals surface area contributed by atoms with E-state index in [4.69, 9.17) is 0 Å². The Labute approximate surface area is 82.6 Å². The van der Waals surface area contributed by atoms with Crippen LogP contribution in [0.5, 0.6) is 0 Å². The van der Waals surface area contributed by atoms with E-state index in [-0.39, 0.29) is 10.1 Å². The van der Waals surface area contributed by atoms with Gasteiger partial charge in [0.2, 0.25) is 0 Å². The standard InChI is InChI=1S/C4H11Si.2HI.Zn/c1-5(2,3)4;;;/h1H2,2-4H3;2*1H;/q;;;+2/p-2. The van der Waals surface area contributed by atoms with Gasteiger partial charge in [0.1, 0.15) is 0 Å². The average Bonchev–Trinajstić information content (AvgIpc) is 1.27. The van der Waals surface area contributed by atoms with Crippen LogP contribution < -0.4 is 0 Å². The van der Waals surface area contributed by atoms with Crippen molar-refractivity contribution in [1.82, 2.24) is 0 Å². The van der Waals surface area contributed by atoms with Crippen LogP contribution in [0.25, 0.3) is 0 Å². The molecule has 1 radical (unpaired) electrons. The monoisotopic (exact) mass is 405 g/mol. The summed E-state index contributed by atoms with van der Waals surface area (Å²) in [5.41, 5.74) is 0. The van der Waals surface area contributed by atoms with E-state index in [1.807, 2.05) is 0 Å². The zero-order chi connectivity index (χ0) is 7.21. The number of halogens is 2. The second-order valence-electron chi connectivity index (χ2n) is 2.66. The molecular formula is C4H11I2SiZn. The van der Waals surface area contributed by atoms with E-state index < -0.39 is 8.07 Å². The Bertz CT molecular complexity index is 37.8. The molecule has 0 spiro atoms. The minimum atomic E-state index is -0.861. The molecule has 0 aliphatic rings. The Hall–Kier alpha value is 2.30. The molecule has 0 unspecified atom stereocenters. The summed E-state index contributed by atoms with van der Waals surface area (Å²) in [4.78, 5) is 0. The summed E-state index contributed by atoms with van der Waals surface area (Å²) in [6.07, 6.45) is 0. The summed E-state index contributed by atoms with van der Waals surface area (Å²) in [6.45, 7) is 10.6. The maximum atomic E-state index is 3.91. The first kappa shape index (κ1) is 12.9. The molecule has 0 atom stereocenters. The van der Waals surface area contributed by atoms with Crippen LogP contribution in [0.2, 0.25) is 19.6 Å². The van der Waals surface area contributed by atoms with E-state index in [9.17, 15) is 0 Å². The predicted octanol–water partition coefficient (Wildman–Crippen LogP) is 3.47. The first-order chi connectivity index (χ1) is 3.41. The van der Waals surface area contributed by atoms with Gasteiger partial charge in [-0.3, -0.25) is 0 Å². The van der Waals surface area contributed by atoms with Crippen molar-refractivity contribution in [3.63, 3.8) is 0 Å². The second-order valence-corrected chi connectivity index (χ2v) is 31.3. The van der Waals surface area contributed by atoms with Gasteiger partial charge in [-0.25, -0.2) is 0 Å². The zero-order valence-corrected chi connectivity index (χ0v) is 14.0. The van der Waals surface area contributed by atoms with Crippen LogP contribution in [-0.4, -0.2) is 8.07 Å². The molecule has 0 rings (SSSR count). The molecule has 0 nitrogen and oxygen atoms in total. The van der Waals surface area contributed by atoms with E-state index in [0.717, 1.165) is 0 Å². The quantitative estimate of drug-likeness (QED) is 0.427. The molecule has 0 N–H and O–H groups in total. The van der Waals surface area contributed by atoms with Gasteiger partial charge >= 0.3 is 49.6 Å². The van der Waals surface area contributed by atoms with Crippen molar-refractivity contribution in [2.24, 2.45) is 0 Å². The average molecular weight is 406 g/mol. The third-order valence-electron chi connectivity index (χ3n) is 0. The Balaban J connectivity index is 0. The Morgan fingerprint density at radius 3 is 1.25 bits per heavy atom. The molecule has 0 aromatic heterocycles. The van der Waals surface area contributed by atoms with Gasteiger partial charge in [-0.1, -0.05) is 26.2 Å². The minimum absolute atomic E-state index is 0.0650. The Morgan fingerprint density at radius 1 is 1.25 bits per heavy atom. The van der Waals surface area contributed by atoms with E-state index in [1.54, 1.807) is 0 Å². The van der Waals surface area contributed by atoms with E-state index in [2.05, 4.69) is 65.7 Å². The van der Waals surface area contributed by atoms with Crippen LogP contribution in [0.15, 0.2) is 0 Å². The maximum absolute atomic E-state index is 3.91. The topological polar surface area (TPSA) is 0 Å². The van der Waals surface area contributed by atoms with Crippen molar-refractivity contribution >= 4 is 47.6 Å². The number of hydrogen-bond acceptors (Lipinski definition) is 0. The van der Waals surface area contributed by atoms with Gasteiger partial charge in [0.25, 0.3) is 0 Å².